The van der Waals surface area contributed by atoms with Gasteiger partial charge in [-0.15, -0.1) is 10.2 Å². The first-order valence-electron chi connectivity index (χ1n) is 8.29. The molecule has 9 heteroatoms. The number of nitrogens with two attached hydrogens (primary N) is 1. The summed E-state index contributed by atoms with van der Waals surface area (Å²) < 4.78 is 11.9. The Balaban J connectivity index is 1.64. The highest BCUT2D eigenvalue weighted by Gasteiger charge is 2.16. The van der Waals surface area contributed by atoms with Gasteiger partial charge in [0.2, 0.25) is 5.16 Å². The standard InChI is InChI=1S/C19H16N4O4S/c1-26-15-5-3-2-4-14(15)18-21-22-19(23(18)20)28-10-11-8-17(25)27-16-9-12(24)6-7-13(11)16/h2-9,24H,10,20H2,1H3. The highest BCUT2D eigenvalue weighted by atomic mass is 32.2. The molecule has 0 radical (unpaired) electrons. The summed E-state index contributed by atoms with van der Waals surface area (Å²) >= 11 is 1.34. The average molecular weight is 396 g/mol. The molecule has 0 aliphatic rings. The molecule has 2 aromatic carbocycles. The number of fused-ring (bicyclic) bond motifs is 1. The van der Waals surface area contributed by atoms with Crippen LogP contribution < -0.4 is 16.2 Å². The van der Waals surface area contributed by atoms with Crippen molar-refractivity contribution in [3.05, 3.63) is 64.5 Å². The Labute approximate surface area is 163 Å². The average Bonchev–Trinajstić information content (AvgIpc) is 3.05. The minimum absolute atomic E-state index is 0.0311. The molecule has 142 valence electrons. The van der Waals surface area contributed by atoms with E-state index in [-0.39, 0.29) is 5.75 Å². The Morgan fingerprint density at radius 2 is 2.04 bits per heavy atom. The maximum absolute atomic E-state index is 11.8. The van der Waals surface area contributed by atoms with Crippen LogP contribution in [-0.4, -0.2) is 27.1 Å². The molecular formula is C19H16N4O4S. The summed E-state index contributed by atoms with van der Waals surface area (Å²) in [4.78, 5) is 11.8. The van der Waals surface area contributed by atoms with E-state index in [1.54, 1.807) is 19.2 Å². The number of ether oxygens (including phenoxy) is 1. The Morgan fingerprint density at radius 1 is 1.21 bits per heavy atom. The van der Waals surface area contributed by atoms with E-state index in [0.29, 0.717) is 28.1 Å². The number of nitrogens with zero attached hydrogens (tertiary/aromatic N) is 3. The van der Waals surface area contributed by atoms with E-state index >= 15 is 0 Å². The van der Waals surface area contributed by atoms with E-state index in [1.165, 1.54) is 28.6 Å². The zero-order valence-corrected chi connectivity index (χ0v) is 15.6. The Bertz CT molecular complexity index is 1220. The third-order valence-electron chi connectivity index (χ3n) is 4.18. The molecule has 0 saturated carbocycles. The van der Waals surface area contributed by atoms with Gasteiger partial charge in [0.15, 0.2) is 5.82 Å². The summed E-state index contributed by atoms with van der Waals surface area (Å²) in [7, 11) is 1.58. The van der Waals surface area contributed by atoms with E-state index in [1.807, 2.05) is 24.3 Å². The molecule has 2 aromatic heterocycles. The highest BCUT2D eigenvalue weighted by Crippen LogP contribution is 2.31. The van der Waals surface area contributed by atoms with Gasteiger partial charge < -0.3 is 20.1 Å². The Morgan fingerprint density at radius 3 is 2.86 bits per heavy atom. The lowest BCUT2D eigenvalue weighted by Crippen LogP contribution is -2.12. The third kappa shape index (κ3) is 3.27. The predicted octanol–water partition coefficient (Wildman–Crippen LogP) is 2.77. The number of methoxy groups -OCH3 is 1. The fourth-order valence-electron chi connectivity index (χ4n) is 2.87. The van der Waals surface area contributed by atoms with Gasteiger partial charge in [0, 0.05) is 23.3 Å². The number of nitrogen functional groups attached to an aromatic ring is 1. The third-order valence-corrected chi connectivity index (χ3v) is 5.17. The molecule has 0 fully saturated rings. The normalized spacial score (nSPS) is 11.0. The number of rotatable bonds is 5. The number of aromatic hydroxyl groups is 1. The van der Waals surface area contributed by atoms with Crippen molar-refractivity contribution in [3.63, 3.8) is 0 Å². The first kappa shape index (κ1) is 17.9. The van der Waals surface area contributed by atoms with Crippen LogP contribution in [0.5, 0.6) is 11.5 Å². The number of phenolic OH excluding ortho intramolecular Hbond substituents is 1. The highest BCUT2D eigenvalue weighted by molar-refractivity contribution is 7.98. The topological polar surface area (TPSA) is 116 Å². The summed E-state index contributed by atoms with van der Waals surface area (Å²) in [6.45, 7) is 0. The molecule has 4 aromatic rings. The van der Waals surface area contributed by atoms with Crippen molar-refractivity contribution in [3.8, 4) is 22.9 Å². The molecule has 8 nitrogen and oxygen atoms in total. The maximum atomic E-state index is 11.8. The molecular weight excluding hydrogens is 380 g/mol. The summed E-state index contributed by atoms with van der Waals surface area (Å²) in [5, 5.41) is 19.1. The van der Waals surface area contributed by atoms with Crippen LogP contribution in [0.25, 0.3) is 22.4 Å². The first-order chi connectivity index (χ1) is 13.6. The number of hydrogen-bond donors (Lipinski definition) is 2. The van der Waals surface area contributed by atoms with Crippen molar-refractivity contribution in [2.75, 3.05) is 13.0 Å². The van der Waals surface area contributed by atoms with Crippen LogP contribution in [-0.2, 0) is 5.75 Å². The zero-order valence-electron chi connectivity index (χ0n) is 14.8. The first-order valence-corrected chi connectivity index (χ1v) is 9.28. The molecule has 0 atom stereocenters. The fourth-order valence-corrected chi connectivity index (χ4v) is 3.72. The van der Waals surface area contributed by atoms with Crippen LogP contribution in [0.4, 0.5) is 0 Å². The quantitative estimate of drug-likeness (QED) is 0.300. The van der Waals surface area contributed by atoms with E-state index in [0.717, 1.165) is 16.5 Å². The zero-order chi connectivity index (χ0) is 19.7. The van der Waals surface area contributed by atoms with E-state index in [4.69, 9.17) is 15.0 Å². The summed E-state index contributed by atoms with van der Waals surface area (Å²) in [5.41, 5.74) is 1.32. The molecule has 4 rings (SSSR count). The molecule has 0 aliphatic heterocycles. The molecule has 0 saturated heterocycles. The van der Waals surface area contributed by atoms with Crippen LogP contribution in [0.2, 0.25) is 0 Å². The van der Waals surface area contributed by atoms with Gasteiger partial charge in [0.1, 0.15) is 17.1 Å². The Kier molecular flexibility index (Phi) is 4.66. The number of aromatic nitrogens is 3. The van der Waals surface area contributed by atoms with Gasteiger partial charge in [0.05, 0.1) is 12.7 Å². The minimum Gasteiger partial charge on any atom is -0.508 e. The fraction of sp³-hybridized carbons (Fsp3) is 0.105. The molecule has 2 heterocycles. The van der Waals surface area contributed by atoms with Crippen LogP contribution in [0.3, 0.4) is 0 Å². The largest absolute Gasteiger partial charge is 0.508 e. The van der Waals surface area contributed by atoms with Crippen molar-refractivity contribution < 1.29 is 14.3 Å². The van der Waals surface area contributed by atoms with Crippen molar-refractivity contribution in [2.24, 2.45) is 0 Å². The molecule has 0 bridgehead atoms. The number of para-hydroxylation sites is 1. The van der Waals surface area contributed by atoms with Crippen LogP contribution >= 0.6 is 11.8 Å². The second kappa shape index (κ2) is 7.28. The second-order valence-corrected chi connectivity index (χ2v) is 6.88. The van der Waals surface area contributed by atoms with Crippen molar-refractivity contribution in [1.29, 1.82) is 0 Å². The van der Waals surface area contributed by atoms with E-state index in [2.05, 4.69) is 10.2 Å². The molecule has 3 N–H and O–H groups in total. The predicted molar refractivity (Wildman–Crippen MR) is 106 cm³/mol. The SMILES string of the molecule is COc1ccccc1-c1nnc(SCc2cc(=O)oc3cc(O)ccc23)n1N. The monoisotopic (exact) mass is 396 g/mol. The lowest BCUT2D eigenvalue weighted by molar-refractivity contribution is 0.416. The van der Waals surface area contributed by atoms with Gasteiger partial charge in [0.25, 0.3) is 0 Å². The smallest absolute Gasteiger partial charge is 0.336 e. The minimum atomic E-state index is -0.488. The van der Waals surface area contributed by atoms with Gasteiger partial charge in [-0.3, -0.25) is 0 Å². The molecule has 0 spiro atoms. The lowest BCUT2D eigenvalue weighted by atomic mass is 10.1. The molecule has 0 amide bonds. The second-order valence-electron chi connectivity index (χ2n) is 5.94. The van der Waals surface area contributed by atoms with Crippen LogP contribution in [0.1, 0.15) is 5.56 Å². The summed E-state index contributed by atoms with van der Waals surface area (Å²) in [5.74, 6) is 7.76. The van der Waals surface area contributed by atoms with Crippen LogP contribution in [0.15, 0.2) is 62.9 Å². The van der Waals surface area contributed by atoms with Crippen molar-refractivity contribution in [2.45, 2.75) is 10.9 Å². The van der Waals surface area contributed by atoms with Gasteiger partial charge in [-0.1, -0.05) is 23.9 Å². The lowest BCUT2D eigenvalue weighted by Gasteiger charge is -2.08. The van der Waals surface area contributed by atoms with Gasteiger partial charge in [-0.05, 0) is 29.8 Å². The summed E-state index contributed by atoms with van der Waals surface area (Å²) in [6.07, 6.45) is 0. The number of phenols is 1. The number of hydrogen-bond acceptors (Lipinski definition) is 8. The number of thioether (sulfide) groups is 1. The van der Waals surface area contributed by atoms with Gasteiger partial charge in [-0.2, -0.15) is 0 Å². The number of benzene rings is 2. The molecule has 0 aliphatic carbocycles. The van der Waals surface area contributed by atoms with Crippen molar-refractivity contribution in [1.82, 2.24) is 14.9 Å². The van der Waals surface area contributed by atoms with Crippen molar-refractivity contribution >= 4 is 22.7 Å². The van der Waals surface area contributed by atoms with Gasteiger partial charge >= 0.3 is 5.63 Å². The maximum Gasteiger partial charge on any atom is 0.336 e. The molecule has 28 heavy (non-hydrogen) atoms. The van der Waals surface area contributed by atoms with E-state index < -0.39 is 5.63 Å². The summed E-state index contributed by atoms with van der Waals surface area (Å²) in [6, 6.07) is 13.5. The van der Waals surface area contributed by atoms with E-state index in [9.17, 15) is 9.90 Å². The van der Waals surface area contributed by atoms with Crippen LogP contribution in [0, 0.1) is 0 Å². The molecule has 0 unspecified atom stereocenters. The Hall–Kier alpha value is -3.46. The van der Waals surface area contributed by atoms with Gasteiger partial charge in [-0.25, -0.2) is 9.47 Å².